The van der Waals surface area contributed by atoms with Gasteiger partial charge in [0.25, 0.3) is 5.91 Å². The van der Waals surface area contributed by atoms with E-state index in [4.69, 9.17) is 0 Å². The summed E-state index contributed by atoms with van der Waals surface area (Å²) in [5.41, 5.74) is 3.82. The van der Waals surface area contributed by atoms with Gasteiger partial charge < -0.3 is 5.32 Å². The molecule has 5 aromatic rings. The number of aromatic nitrogens is 5. The fourth-order valence-electron chi connectivity index (χ4n) is 3.75. The number of fused-ring (bicyclic) bond motifs is 2. The van der Waals surface area contributed by atoms with Crippen molar-refractivity contribution < 1.29 is 4.79 Å². The number of benzene rings is 2. The van der Waals surface area contributed by atoms with Crippen LogP contribution in [0.25, 0.3) is 21.8 Å². The van der Waals surface area contributed by atoms with Crippen LogP contribution >= 0.6 is 0 Å². The molecule has 0 fully saturated rings. The summed E-state index contributed by atoms with van der Waals surface area (Å²) in [5.74, 6) is -0.205. The van der Waals surface area contributed by atoms with Crippen molar-refractivity contribution in [3.8, 4) is 0 Å². The third-order valence-corrected chi connectivity index (χ3v) is 5.18. The van der Waals surface area contributed by atoms with Gasteiger partial charge in [-0.1, -0.05) is 42.5 Å². The number of nitrogens with zero attached hydrogens (tertiary/aromatic N) is 5. The lowest BCUT2D eigenvalue weighted by atomic mass is 10.0. The third kappa shape index (κ3) is 3.20. The molecule has 0 atom stereocenters. The second-order valence-corrected chi connectivity index (χ2v) is 7.34. The summed E-state index contributed by atoms with van der Waals surface area (Å²) in [6.07, 6.45) is 5.17. The lowest BCUT2D eigenvalue weighted by Crippen LogP contribution is -2.12. The van der Waals surface area contributed by atoms with Gasteiger partial charge in [0, 0.05) is 18.9 Å². The van der Waals surface area contributed by atoms with E-state index >= 15 is 0 Å². The molecule has 0 saturated heterocycles. The molecule has 1 amide bonds. The Kier molecular flexibility index (Phi) is 4.28. The van der Waals surface area contributed by atoms with E-state index in [1.54, 1.807) is 23.1 Å². The van der Waals surface area contributed by atoms with Gasteiger partial charge in [-0.05, 0) is 29.3 Å². The molecule has 3 aromatic heterocycles. The molecule has 5 rings (SSSR count). The van der Waals surface area contributed by atoms with Crippen LogP contribution in [0.1, 0.15) is 21.6 Å². The van der Waals surface area contributed by atoms with Gasteiger partial charge in [-0.2, -0.15) is 10.2 Å². The number of hydrogen-bond acceptors (Lipinski definition) is 4. The van der Waals surface area contributed by atoms with Crippen molar-refractivity contribution in [1.82, 2.24) is 24.5 Å². The third-order valence-electron chi connectivity index (χ3n) is 5.18. The summed E-state index contributed by atoms with van der Waals surface area (Å²) in [4.78, 5) is 17.4. The summed E-state index contributed by atoms with van der Waals surface area (Å²) in [6, 6.07) is 16.3. The monoisotopic (exact) mass is 396 g/mol. The zero-order valence-corrected chi connectivity index (χ0v) is 16.7. The Hall–Kier alpha value is -4.00. The molecular formula is C23H20N6O. The van der Waals surface area contributed by atoms with Crippen molar-refractivity contribution in [3.63, 3.8) is 0 Å². The molecular weight excluding hydrogens is 376 g/mol. The number of amides is 1. The topological polar surface area (TPSA) is 77.6 Å². The Bertz CT molecular complexity index is 1390. The van der Waals surface area contributed by atoms with Crippen LogP contribution in [0.2, 0.25) is 0 Å². The van der Waals surface area contributed by atoms with Crippen LogP contribution in [-0.4, -0.2) is 30.5 Å². The molecule has 1 N–H and O–H groups in total. The van der Waals surface area contributed by atoms with Gasteiger partial charge in [0.1, 0.15) is 0 Å². The first-order valence-corrected chi connectivity index (χ1v) is 9.68. The maximum absolute atomic E-state index is 12.9. The standard InChI is InChI=1S/C23H20N6O/c1-15-10-20(21-12-24-28(2)22(21)26-15)23(30)27-18-11-25-29(14-18)13-17-8-5-7-16-6-3-4-9-19(16)17/h3-12,14H,13H2,1-2H3,(H,27,30). The Labute approximate surface area is 173 Å². The van der Waals surface area contributed by atoms with Crippen molar-refractivity contribution in [2.24, 2.45) is 7.05 Å². The van der Waals surface area contributed by atoms with Crippen LogP contribution < -0.4 is 5.32 Å². The van der Waals surface area contributed by atoms with Crippen molar-refractivity contribution in [2.45, 2.75) is 13.5 Å². The Morgan fingerprint density at radius 1 is 1.03 bits per heavy atom. The number of nitrogens with one attached hydrogen (secondary N) is 1. The quantitative estimate of drug-likeness (QED) is 0.499. The number of rotatable bonds is 4. The van der Waals surface area contributed by atoms with Gasteiger partial charge in [0.2, 0.25) is 0 Å². The van der Waals surface area contributed by atoms with Gasteiger partial charge in [-0.25, -0.2) is 4.98 Å². The molecule has 0 aliphatic carbocycles. The Morgan fingerprint density at radius 2 is 1.87 bits per heavy atom. The summed E-state index contributed by atoms with van der Waals surface area (Å²) < 4.78 is 3.50. The fraction of sp³-hybridized carbons (Fsp3) is 0.130. The van der Waals surface area contributed by atoms with Crippen LogP contribution in [0, 0.1) is 6.92 Å². The lowest BCUT2D eigenvalue weighted by Gasteiger charge is -2.07. The van der Waals surface area contributed by atoms with E-state index in [1.807, 2.05) is 37.0 Å². The number of anilines is 1. The summed E-state index contributed by atoms with van der Waals surface area (Å²) >= 11 is 0. The number of carbonyl (C=O) groups is 1. The second-order valence-electron chi connectivity index (χ2n) is 7.34. The largest absolute Gasteiger partial charge is 0.319 e. The van der Waals surface area contributed by atoms with E-state index in [1.165, 1.54) is 16.3 Å². The number of hydrogen-bond donors (Lipinski definition) is 1. The highest BCUT2D eigenvalue weighted by molar-refractivity contribution is 6.11. The van der Waals surface area contributed by atoms with Gasteiger partial charge in [0.05, 0.1) is 35.6 Å². The summed E-state index contributed by atoms with van der Waals surface area (Å²) in [6.45, 7) is 2.49. The van der Waals surface area contributed by atoms with E-state index in [2.05, 4.69) is 50.8 Å². The SMILES string of the molecule is Cc1cc(C(=O)Nc2cnn(Cc3cccc4ccccc34)c2)c2cnn(C)c2n1. The van der Waals surface area contributed by atoms with Crippen LogP contribution in [0.15, 0.2) is 67.1 Å². The van der Waals surface area contributed by atoms with E-state index in [9.17, 15) is 4.79 Å². The highest BCUT2D eigenvalue weighted by atomic mass is 16.1. The van der Waals surface area contributed by atoms with Crippen molar-refractivity contribution >= 4 is 33.4 Å². The van der Waals surface area contributed by atoms with Crippen molar-refractivity contribution in [1.29, 1.82) is 0 Å². The summed E-state index contributed by atoms with van der Waals surface area (Å²) in [5, 5.41) is 14.7. The van der Waals surface area contributed by atoms with Crippen LogP contribution in [0.5, 0.6) is 0 Å². The highest BCUT2D eigenvalue weighted by Gasteiger charge is 2.15. The molecule has 2 aromatic carbocycles. The molecule has 7 nitrogen and oxygen atoms in total. The molecule has 0 spiro atoms. The molecule has 3 heterocycles. The van der Waals surface area contributed by atoms with Gasteiger partial charge >= 0.3 is 0 Å². The molecule has 0 radical (unpaired) electrons. The average molecular weight is 396 g/mol. The maximum atomic E-state index is 12.9. The van der Waals surface area contributed by atoms with Gasteiger partial charge in [-0.15, -0.1) is 0 Å². The van der Waals surface area contributed by atoms with Crippen LogP contribution in [0.4, 0.5) is 5.69 Å². The Morgan fingerprint density at radius 3 is 2.77 bits per heavy atom. The molecule has 0 unspecified atom stereocenters. The van der Waals surface area contributed by atoms with Crippen molar-refractivity contribution in [3.05, 3.63) is 83.9 Å². The zero-order valence-electron chi connectivity index (χ0n) is 16.7. The first-order valence-electron chi connectivity index (χ1n) is 9.68. The first kappa shape index (κ1) is 18.1. The maximum Gasteiger partial charge on any atom is 0.256 e. The van der Waals surface area contributed by atoms with E-state index < -0.39 is 0 Å². The normalized spacial score (nSPS) is 11.3. The zero-order chi connectivity index (χ0) is 20.7. The second kappa shape index (κ2) is 7.11. The predicted octanol–water partition coefficient (Wildman–Crippen LogP) is 3.93. The van der Waals surface area contributed by atoms with Crippen LogP contribution in [-0.2, 0) is 13.6 Å². The molecule has 0 bridgehead atoms. The first-order chi connectivity index (χ1) is 14.6. The van der Waals surface area contributed by atoms with E-state index in [0.717, 1.165) is 11.1 Å². The minimum absolute atomic E-state index is 0.205. The average Bonchev–Trinajstić information content (AvgIpc) is 3.34. The minimum Gasteiger partial charge on any atom is -0.319 e. The smallest absolute Gasteiger partial charge is 0.256 e. The highest BCUT2D eigenvalue weighted by Crippen LogP contribution is 2.21. The van der Waals surface area contributed by atoms with Gasteiger partial charge in [-0.3, -0.25) is 14.2 Å². The molecule has 30 heavy (non-hydrogen) atoms. The van der Waals surface area contributed by atoms with Gasteiger partial charge in [0.15, 0.2) is 5.65 Å². The molecule has 148 valence electrons. The number of pyridine rings is 1. The molecule has 7 heteroatoms. The van der Waals surface area contributed by atoms with E-state index in [0.29, 0.717) is 23.4 Å². The summed E-state index contributed by atoms with van der Waals surface area (Å²) in [7, 11) is 1.81. The fourth-order valence-corrected chi connectivity index (χ4v) is 3.75. The number of aryl methyl sites for hydroxylation is 2. The molecule has 0 saturated carbocycles. The van der Waals surface area contributed by atoms with Crippen LogP contribution in [0.3, 0.4) is 0 Å². The molecule has 0 aliphatic heterocycles. The van der Waals surface area contributed by atoms with E-state index in [-0.39, 0.29) is 5.91 Å². The Balaban J connectivity index is 1.39. The minimum atomic E-state index is -0.205. The molecule has 0 aliphatic rings. The lowest BCUT2D eigenvalue weighted by molar-refractivity contribution is 0.102. The van der Waals surface area contributed by atoms with Crippen molar-refractivity contribution in [2.75, 3.05) is 5.32 Å². The predicted molar refractivity (Wildman–Crippen MR) is 116 cm³/mol. The number of carbonyl (C=O) groups excluding carboxylic acids is 1.